The van der Waals surface area contributed by atoms with Crippen molar-refractivity contribution < 1.29 is 33.4 Å². The van der Waals surface area contributed by atoms with Crippen LogP contribution in [0.3, 0.4) is 0 Å². The van der Waals surface area contributed by atoms with Crippen LogP contribution in [0.15, 0.2) is 18.2 Å². The number of imide groups is 1. The van der Waals surface area contributed by atoms with Crippen molar-refractivity contribution in [3.8, 4) is 0 Å². The van der Waals surface area contributed by atoms with E-state index in [4.69, 9.17) is 15.2 Å². The molecule has 0 aromatic heterocycles. The minimum atomic E-state index is -0.738. The fraction of sp³-hybridized carbons (Fsp3) is 0.607. The Morgan fingerprint density at radius 2 is 1.88 bits per heavy atom. The van der Waals surface area contributed by atoms with Gasteiger partial charge in [0.15, 0.2) is 0 Å². The van der Waals surface area contributed by atoms with Crippen molar-refractivity contribution in [2.45, 2.75) is 77.5 Å². The number of fused-ring (bicyclic) bond motifs is 1. The number of nitrogens with zero attached hydrogens (tertiary/aromatic N) is 2. The highest BCUT2D eigenvalue weighted by Crippen LogP contribution is 2.32. The Bertz CT molecular complexity index is 1100. The second-order valence-electron chi connectivity index (χ2n) is 11.0. The first-order chi connectivity index (χ1) is 19.0. The first-order valence-corrected chi connectivity index (χ1v) is 13.8. The van der Waals surface area contributed by atoms with Crippen LogP contribution >= 0.6 is 0 Å². The van der Waals surface area contributed by atoms with E-state index in [0.29, 0.717) is 29.9 Å². The maximum absolute atomic E-state index is 13.0. The van der Waals surface area contributed by atoms with Crippen LogP contribution in [0.1, 0.15) is 75.2 Å². The SMILES string of the molecule is CC(C)(C)OC(=O)N(CCCCCCN)CCOCC(=O)Nc1cccc2c1CN(C1CCC(=O)NC1=O)C2=O. The van der Waals surface area contributed by atoms with E-state index in [1.807, 2.05) is 20.8 Å². The maximum Gasteiger partial charge on any atom is 0.410 e. The van der Waals surface area contributed by atoms with Gasteiger partial charge in [-0.1, -0.05) is 18.9 Å². The third-order valence-corrected chi connectivity index (χ3v) is 6.63. The normalized spacial score (nSPS) is 16.9. The van der Waals surface area contributed by atoms with Crippen LogP contribution in [0.4, 0.5) is 10.5 Å². The zero-order chi connectivity index (χ0) is 29.3. The van der Waals surface area contributed by atoms with Crippen LogP contribution in [-0.4, -0.2) is 84.0 Å². The molecule has 1 atom stereocenters. The molecule has 0 saturated carbocycles. The highest BCUT2D eigenvalue weighted by Gasteiger charge is 2.40. The van der Waals surface area contributed by atoms with E-state index in [-0.39, 0.29) is 51.0 Å². The van der Waals surface area contributed by atoms with E-state index in [1.54, 1.807) is 23.1 Å². The van der Waals surface area contributed by atoms with Gasteiger partial charge in [0.05, 0.1) is 6.61 Å². The lowest BCUT2D eigenvalue weighted by atomic mass is 10.0. The van der Waals surface area contributed by atoms with Crippen LogP contribution in [-0.2, 0) is 30.4 Å². The molecule has 1 aromatic carbocycles. The third kappa shape index (κ3) is 8.75. The molecule has 1 saturated heterocycles. The Balaban J connectivity index is 1.51. The molecule has 12 nitrogen and oxygen atoms in total. The summed E-state index contributed by atoms with van der Waals surface area (Å²) in [5.74, 6) is -1.57. The van der Waals surface area contributed by atoms with E-state index < -0.39 is 29.6 Å². The van der Waals surface area contributed by atoms with E-state index in [0.717, 1.165) is 25.7 Å². The Morgan fingerprint density at radius 3 is 2.58 bits per heavy atom. The summed E-state index contributed by atoms with van der Waals surface area (Å²) >= 11 is 0. The number of hydrogen-bond acceptors (Lipinski definition) is 8. The number of amides is 5. The summed E-state index contributed by atoms with van der Waals surface area (Å²) in [5, 5.41) is 5.07. The molecule has 0 aliphatic carbocycles. The molecule has 0 bridgehead atoms. The lowest BCUT2D eigenvalue weighted by Crippen LogP contribution is -2.52. The van der Waals surface area contributed by atoms with Crippen LogP contribution in [0.5, 0.6) is 0 Å². The average Bonchev–Trinajstić information content (AvgIpc) is 3.21. The number of carbonyl (C=O) groups excluding carboxylic acids is 5. The molecule has 0 spiro atoms. The third-order valence-electron chi connectivity index (χ3n) is 6.63. The molecule has 1 unspecified atom stereocenters. The highest BCUT2D eigenvalue weighted by atomic mass is 16.6. The van der Waals surface area contributed by atoms with Crippen molar-refractivity contribution in [1.82, 2.24) is 15.1 Å². The lowest BCUT2D eigenvalue weighted by Gasteiger charge is -2.29. The van der Waals surface area contributed by atoms with E-state index in [2.05, 4.69) is 10.6 Å². The van der Waals surface area contributed by atoms with Crippen molar-refractivity contribution in [3.63, 3.8) is 0 Å². The summed E-state index contributed by atoms with van der Waals surface area (Å²) in [6.45, 7) is 6.91. The number of hydrogen-bond donors (Lipinski definition) is 3. The van der Waals surface area contributed by atoms with Crippen LogP contribution in [0.25, 0.3) is 0 Å². The van der Waals surface area contributed by atoms with Gasteiger partial charge in [0.2, 0.25) is 17.7 Å². The molecule has 3 rings (SSSR count). The van der Waals surface area contributed by atoms with E-state index in [9.17, 15) is 24.0 Å². The van der Waals surface area contributed by atoms with Gasteiger partial charge < -0.3 is 30.3 Å². The number of nitrogens with one attached hydrogen (secondary N) is 2. The number of benzene rings is 1. The van der Waals surface area contributed by atoms with Crippen molar-refractivity contribution >= 4 is 35.4 Å². The zero-order valence-electron chi connectivity index (χ0n) is 23.6. The van der Waals surface area contributed by atoms with Crippen LogP contribution in [0, 0.1) is 0 Å². The second kappa shape index (κ2) is 14.2. The molecule has 2 heterocycles. The number of anilines is 1. The summed E-state index contributed by atoms with van der Waals surface area (Å²) in [6, 6.07) is 4.26. The molecular formula is C28H41N5O7. The van der Waals surface area contributed by atoms with Crippen molar-refractivity contribution in [2.24, 2.45) is 5.73 Å². The first kappa shape index (κ1) is 31.0. The number of rotatable bonds is 13. The fourth-order valence-electron chi connectivity index (χ4n) is 4.65. The molecule has 5 amide bonds. The zero-order valence-corrected chi connectivity index (χ0v) is 23.6. The van der Waals surface area contributed by atoms with Gasteiger partial charge in [-0.15, -0.1) is 0 Å². The largest absolute Gasteiger partial charge is 0.444 e. The monoisotopic (exact) mass is 559 g/mol. The Kier molecular flexibility index (Phi) is 11.0. The molecule has 220 valence electrons. The quantitative estimate of drug-likeness (QED) is 0.245. The Labute approximate surface area is 234 Å². The second-order valence-corrected chi connectivity index (χ2v) is 11.0. The van der Waals surface area contributed by atoms with Gasteiger partial charge in [-0.25, -0.2) is 4.79 Å². The van der Waals surface area contributed by atoms with Gasteiger partial charge in [0.1, 0.15) is 18.2 Å². The number of piperidine rings is 1. The summed E-state index contributed by atoms with van der Waals surface area (Å²) in [4.78, 5) is 65.1. The maximum atomic E-state index is 13.0. The molecule has 0 radical (unpaired) electrons. The van der Waals surface area contributed by atoms with Crippen LogP contribution in [0.2, 0.25) is 0 Å². The van der Waals surface area contributed by atoms with Crippen molar-refractivity contribution in [3.05, 3.63) is 29.3 Å². The molecule has 12 heteroatoms. The van der Waals surface area contributed by atoms with Gasteiger partial charge in [-0.3, -0.25) is 24.5 Å². The fourth-order valence-corrected chi connectivity index (χ4v) is 4.65. The molecule has 40 heavy (non-hydrogen) atoms. The Morgan fingerprint density at radius 1 is 1.12 bits per heavy atom. The first-order valence-electron chi connectivity index (χ1n) is 13.8. The predicted molar refractivity (Wildman–Crippen MR) is 147 cm³/mol. The molecule has 4 N–H and O–H groups in total. The minimum Gasteiger partial charge on any atom is -0.444 e. The topological polar surface area (TPSA) is 160 Å². The molecule has 1 fully saturated rings. The molecular weight excluding hydrogens is 518 g/mol. The number of nitrogens with two attached hydrogens (primary N) is 1. The summed E-state index contributed by atoms with van der Waals surface area (Å²) in [7, 11) is 0. The summed E-state index contributed by atoms with van der Waals surface area (Å²) in [6.07, 6.45) is 3.70. The van der Waals surface area contributed by atoms with Crippen molar-refractivity contribution in [1.29, 1.82) is 0 Å². The van der Waals surface area contributed by atoms with Crippen LogP contribution < -0.4 is 16.4 Å². The highest BCUT2D eigenvalue weighted by molar-refractivity contribution is 6.06. The van der Waals surface area contributed by atoms with Gasteiger partial charge in [-0.2, -0.15) is 0 Å². The molecule has 2 aliphatic rings. The van der Waals surface area contributed by atoms with Gasteiger partial charge in [-0.05, 0) is 58.7 Å². The lowest BCUT2D eigenvalue weighted by molar-refractivity contribution is -0.137. The van der Waals surface area contributed by atoms with E-state index >= 15 is 0 Å². The standard InChI is InChI=1S/C28H41N5O7/c1-28(2,3)40-27(38)32(14-7-5-4-6-13-29)15-16-39-18-24(35)30-21-10-8-9-19-20(21)17-33(26(19)37)22-11-12-23(34)31-25(22)36/h8-10,22H,4-7,11-18,29H2,1-3H3,(H,30,35)(H,31,34,36). The average molecular weight is 560 g/mol. The van der Waals surface area contributed by atoms with Crippen molar-refractivity contribution in [2.75, 3.05) is 38.2 Å². The summed E-state index contributed by atoms with van der Waals surface area (Å²) < 4.78 is 11.1. The molecule has 1 aromatic rings. The van der Waals surface area contributed by atoms with Gasteiger partial charge in [0.25, 0.3) is 5.91 Å². The number of ether oxygens (including phenoxy) is 2. The minimum absolute atomic E-state index is 0.143. The summed E-state index contributed by atoms with van der Waals surface area (Å²) in [5.41, 5.74) is 6.39. The predicted octanol–water partition coefficient (Wildman–Crippen LogP) is 2.16. The van der Waals surface area contributed by atoms with Gasteiger partial charge in [0, 0.05) is 42.9 Å². The smallest absolute Gasteiger partial charge is 0.410 e. The Hall–Kier alpha value is -3.51. The number of carbonyl (C=O) groups is 5. The van der Waals surface area contributed by atoms with Gasteiger partial charge >= 0.3 is 6.09 Å². The molecule has 2 aliphatic heterocycles. The van der Waals surface area contributed by atoms with E-state index in [1.165, 1.54) is 4.90 Å². The number of unbranched alkanes of at least 4 members (excludes halogenated alkanes) is 3.